The van der Waals surface area contributed by atoms with Gasteiger partial charge >= 0.3 is 0 Å². The van der Waals surface area contributed by atoms with Crippen LogP contribution in [0.3, 0.4) is 0 Å². The van der Waals surface area contributed by atoms with Gasteiger partial charge in [-0.25, -0.2) is 15.8 Å². The number of nitrogens with zero attached hydrogens (tertiary/aromatic N) is 2. The van der Waals surface area contributed by atoms with E-state index in [-0.39, 0.29) is 0 Å². The van der Waals surface area contributed by atoms with Gasteiger partial charge in [0.1, 0.15) is 18.2 Å². The van der Waals surface area contributed by atoms with E-state index in [1.54, 1.807) is 24.9 Å². The van der Waals surface area contributed by atoms with Gasteiger partial charge in [0.05, 0.1) is 0 Å². The van der Waals surface area contributed by atoms with Crippen LogP contribution >= 0.6 is 11.8 Å². The molecule has 2 rings (SSSR count). The predicted molar refractivity (Wildman–Crippen MR) is 82.1 cm³/mol. The molecule has 0 atom stereocenters. The van der Waals surface area contributed by atoms with Crippen LogP contribution in [0, 0.1) is 0 Å². The van der Waals surface area contributed by atoms with Crippen LogP contribution in [0.25, 0.3) is 0 Å². The van der Waals surface area contributed by atoms with Gasteiger partial charge in [-0.1, -0.05) is 0 Å². The van der Waals surface area contributed by atoms with Crippen LogP contribution in [0.4, 0.5) is 17.3 Å². The molecule has 4 N–H and O–H groups in total. The van der Waals surface area contributed by atoms with E-state index in [1.807, 2.05) is 30.5 Å². The van der Waals surface area contributed by atoms with E-state index in [0.717, 1.165) is 5.69 Å². The second-order valence-electron chi connectivity index (χ2n) is 3.99. The van der Waals surface area contributed by atoms with Crippen LogP contribution in [0.1, 0.15) is 5.82 Å². The van der Waals surface area contributed by atoms with E-state index in [9.17, 15) is 0 Å². The smallest absolute Gasteiger partial charge is 0.158 e. The van der Waals surface area contributed by atoms with Gasteiger partial charge < -0.3 is 15.5 Å². The van der Waals surface area contributed by atoms with Crippen molar-refractivity contribution in [3.63, 3.8) is 0 Å². The zero-order valence-corrected chi connectivity index (χ0v) is 12.2. The first-order valence-electron chi connectivity index (χ1n) is 5.99. The SMILES string of the molecule is COCc1nc(NN)cc(Nc2ccc(SC)cc2)n1. The summed E-state index contributed by atoms with van der Waals surface area (Å²) in [4.78, 5) is 9.77. The lowest BCUT2D eigenvalue weighted by atomic mass is 10.3. The van der Waals surface area contributed by atoms with Gasteiger partial charge in [-0.3, -0.25) is 0 Å². The molecular weight excluding hydrogens is 274 g/mol. The lowest BCUT2D eigenvalue weighted by molar-refractivity contribution is 0.178. The number of nitrogens with two attached hydrogens (primary N) is 1. The lowest BCUT2D eigenvalue weighted by Gasteiger charge is -2.09. The number of methoxy groups -OCH3 is 1. The Balaban J connectivity index is 2.20. The fourth-order valence-electron chi connectivity index (χ4n) is 1.65. The van der Waals surface area contributed by atoms with Gasteiger partial charge in [-0.2, -0.15) is 0 Å². The number of anilines is 3. The third kappa shape index (κ3) is 3.83. The number of aromatic nitrogens is 2. The maximum Gasteiger partial charge on any atom is 0.158 e. The number of ether oxygens (including phenoxy) is 1. The summed E-state index contributed by atoms with van der Waals surface area (Å²) in [5.74, 6) is 7.17. The Morgan fingerprint density at radius 3 is 2.50 bits per heavy atom. The summed E-state index contributed by atoms with van der Waals surface area (Å²) in [6.45, 7) is 0.329. The van der Waals surface area contributed by atoms with E-state index < -0.39 is 0 Å². The molecule has 0 fully saturated rings. The molecular formula is C13H17N5OS. The summed E-state index contributed by atoms with van der Waals surface area (Å²) in [5.41, 5.74) is 3.47. The number of nitrogen functional groups attached to an aromatic ring is 1. The van der Waals surface area contributed by atoms with Crippen molar-refractivity contribution in [3.05, 3.63) is 36.2 Å². The minimum Gasteiger partial charge on any atom is -0.377 e. The number of hydrazine groups is 1. The largest absolute Gasteiger partial charge is 0.377 e. The molecule has 20 heavy (non-hydrogen) atoms. The Morgan fingerprint density at radius 2 is 1.90 bits per heavy atom. The Kier molecular flexibility index (Phi) is 5.16. The number of nitrogens with one attached hydrogen (secondary N) is 2. The molecule has 0 radical (unpaired) electrons. The molecule has 0 bridgehead atoms. The molecule has 0 amide bonds. The average Bonchev–Trinajstić information content (AvgIpc) is 2.48. The number of thioether (sulfide) groups is 1. The van der Waals surface area contributed by atoms with Gasteiger partial charge in [0.2, 0.25) is 0 Å². The molecule has 0 aliphatic heterocycles. The average molecular weight is 291 g/mol. The van der Waals surface area contributed by atoms with E-state index in [1.165, 1.54) is 4.90 Å². The van der Waals surface area contributed by atoms with Crippen molar-refractivity contribution in [2.45, 2.75) is 11.5 Å². The van der Waals surface area contributed by atoms with E-state index >= 15 is 0 Å². The van der Waals surface area contributed by atoms with Gasteiger partial charge in [0, 0.05) is 23.8 Å². The molecule has 6 nitrogen and oxygen atoms in total. The van der Waals surface area contributed by atoms with Crippen LogP contribution in [-0.4, -0.2) is 23.3 Å². The molecule has 0 aliphatic carbocycles. The maximum absolute atomic E-state index is 5.40. The number of rotatable bonds is 6. The third-order valence-corrected chi connectivity index (χ3v) is 3.30. The highest BCUT2D eigenvalue weighted by Gasteiger charge is 2.04. The van der Waals surface area contributed by atoms with Crippen molar-refractivity contribution in [3.8, 4) is 0 Å². The van der Waals surface area contributed by atoms with Crippen molar-refractivity contribution in [2.24, 2.45) is 5.84 Å². The molecule has 7 heteroatoms. The standard InChI is InChI=1S/C13H17N5OS/c1-19-8-13-16-11(7-12(17-13)18-14)15-9-3-5-10(20-2)6-4-9/h3-7H,8,14H2,1-2H3,(H2,15,16,17,18). The first-order valence-corrected chi connectivity index (χ1v) is 7.22. The summed E-state index contributed by atoms with van der Waals surface area (Å²) in [6.07, 6.45) is 2.04. The molecule has 1 heterocycles. The zero-order valence-electron chi connectivity index (χ0n) is 11.4. The van der Waals surface area contributed by atoms with Crippen molar-refractivity contribution in [1.82, 2.24) is 9.97 Å². The predicted octanol–water partition coefficient (Wildman–Crippen LogP) is 2.37. The van der Waals surface area contributed by atoms with Crippen molar-refractivity contribution in [2.75, 3.05) is 24.1 Å². The second-order valence-corrected chi connectivity index (χ2v) is 4.87. The van der Waals surface area contributed by atoms with Crippen LogP contribution in [0.5, 0.6) is 0 Å². The topological polar surface area (TPSA) is 85.1 Å². The molecule has 1 aromatic carbocycles. The Hall–Kier alpha value is -1.83. The normalized spacial score (nSPS) is 10.3. The second kappa shape index (κ2) is 7.09. The van der Waals surface area contributed by atoms with E-state index in [2.05, 4.69) is 20.7 Å². The Bertz CT molecular complexity index is 561. The molecule has 2 aromatic rings. The van der Waals surface area contributed by atoms with Crippen LogP contribution in [-0.2, 0) is 11.3 Å². The van der Waals surface area contributed by atoms with Crippen molar-refractivity contribution in [1.29, 1.82) is 0 Å². The first kappa shape index (κ1) is 14.6. The third-order valence-electron chi connectivity index (χ3n) is 2.56. The highest BCUT2D eigenvalue weighted by atomic mass is 32.2. The quantitative estimate of drug-likeness (QED) is 0.428. The van der Waals surface area contributed by atoms with E-state index in [4.69, 9.17) is 10.6 Å². The molecule has 0 unspecified atom stereocenters. The maximum atomic E-state index is 5.40. The number of hydrogen-bond acceptors (Lipinski definition) is 7. The van der Waals surface area contributed by atoms with E-state index in [0.29, 0.717) is 24.1 Å². The summed E-state index contributed by atoms with van der Waals surface area (Å²) in [7, 11) is 1.60. The van der Waals surface area contributed by atoms with Gasteiger partial charge in [0.25, 0.3) is 0 Å². The Labute approximate surface area is 122 Å². The molecule has 0 aliphatic rings. The summed E-state index contributed by atoms with van der Waals surface area (Å²) in [5, 5.41) is 3.22. The first-order chi connectivity index (χ1) is 9.75. The van der Waals surface area contributed by atoms with Gasteiger partial charge in [-0.15, -0.1) is 11.8 Å². The molecule has 0 spiro atoms. The van der Waals surface area contributed by atoms with Gasteiger partial charge in [-0.05, 0) is 30.5 Å². The summed E-state index contributed by atoms with van der Waals surface area (Å²) < 4.78 is 5.04. The van der Waals surface area contributed by atoms with Crippen LogP contribution in [0.2, 0.25) is 0 Å². The minimum absolute atomic E-state index is 0.329. The fourth-order valence-corrected chi connectivity index (χ4v) is 2.06. The molecule has 0 saturated heterocycles. The highest BCUT2D eigenvalue weighted by Crippen LogP contribution is 2.21. The fraction of sp³-hybridized carbons (Fsp3) is 0.231. The van der Waals surface area contributed by atoms with Crippen LogP contribution < -0.4 is 16.6 Å². The lowest BCUT2D eigenvalue weighted by Crippen LogP contribution is -2.11. The van der Waals surface area contributed by atoms with Crippen molar-refractivity contribution >= 4 is 29.1 Å². The van der Waals surface area contributed by atoms with Gasteiger partial charge in [0.15, 0.2) is 5.82 Å². The number of benzene rings is 1. The van der Waals surface area contributed by atoms with Crippen LogP contribution in [0.15, 0.2) is 35.2 Å². The number of hydrogen-bond donors (Lipinski definition) is 3. The molecule has 106 valence electrons. The highest BCUT2D eigenvalue weighted by molar-refractivity contribution is 7.98. The monoisotopic (exact) mass is 291 g/mol. The molecule has 1 aromatic heterocycles. The molecule has 0 saturated carbocycles. The summed E-state index contributed by atoms with van der Waals surface area (Å²) >= 11 is 1.70. The minimum atomic E-state index is 0.329. The van der Waals surface area contributed by atoms with Crippen molar-refractivity contribution < 1.29 is 4.74 Å². The Morgan fingerprint density at radius 1 is 1.20 bits per heavy atom. The zero-order chi connectivity index (χ0) is 14.4. The summed E-state index contributed by atoms with van der Waals surface area (Å²) in [6, 6.07) is 9.83.